The predicted molar refractivity (Wildman–Crippen MR) is 147 cm³/mol. The molecule has 1 atom stereocenters. The highest BCUT2D eigenvalue weighted by molar-refractivity contribution is 7.93. The van der Waals surface area contributed by atoms with Crippen LogP contribution in [0, 0.1) is 0 Å². The number of carbonyl (C=O) groups is 1. The summed E-state index contributed by atoms with van der Waals surface area (Å²) >= 11 is 0. The quantitative estimate of drug-likeness (QED) is 0.430. The molecule has 7 nitrogen and oxygen atoms in total. The molecule has 0 fully saturated rings. The molecule has 4 rings (SSSR count). The second-order valence-electron chi connectivity index (χ2n) is 9.36. The van der Waals surface area contributed by atoms with Gasteiger partial charge in [0.25, 0.3) is 0 Å². The molecule has 1 amide bonds. The van der Waals surface area contributed by atoms with E-state index in [1.165, 1.54) is 4.31 Å². The van der Waals surface area contributed by atoms with Crippen LogP contribution < -0.4 is 9.62 Å². The Labute approximate surface area is 213 Å². The van der Waals surface area contributed by atoms with Gasteiger partial charge in [-0.15, -0.1) is 0 Å². The molecule has 8 heteroatoms. The zero-order chi connectivity index (χ0) is 25.9. The molecule has 0 aromatic heterocycles. The summed E-state index contributed by atoms with van der Waals surface area (Å²) in [6.07, 6.45) is 0. The van der Waals surface area contributed by atoms with Gasteiger partial charge in [0.2, 0.25) is 15.9 Å². The lowest BCUT2D eigenvalue weighted by atomic mass is 9.90. The van der Waals surface area contributed by atoms with Crippen molar-refractivity contribution in [3.05, 3.63) is 90.0 Å². The second-order valence-corrected chi connectivity index (χ2v) is 11.8. The summed E-state index contributed by atoms with van der Waals surface area (Å²) < 4.78 is 27.6. The van der Waals surface area contributed by atoms with E-state index >= 15 is 0 Å². The van der Waals surface area contributed by atoms with Crippen LogP contribution in [0.1, 0.15) is 30.9 Å². The van der Waals surface area contributed by atoms with Crippen LogP contribution in [0.25, 0.3) is 0 Å². The van der Waals surface area contributed by atoms with Gasteiger partial charge in [-0.2, -0.15) is 0 Å². The van der Waals surface area contributed by atoms with E-state index in [-0.39, 0.29) is 5.91 Å². The topological polar surface area (TPSA) is 82.1 Å². The Morgan fingerprint density at radius 3 is 2.19 bits per heavy atom. The zero-order valence-corrected chi connectivity index (χ0v) is 21.9. The summed E-state index contributed by atoms with van der Waals surface area (Å²) in [6.45, 7) is 4.32. The van der Waals surface area contributed by atoms with Crippen molar-refractivity contribution < 1.29 is 13.2 Å². The van der Waals surface area contributed by atoms with Crippen molar-refractivity contribution in [3.8, 4) is 0 Å². The van der Waals surface area contributed by atoms with Crippen molar-refractivity contribution in [2.75, 3.05) is 36.8 Å². The fourth-order valence-electron chi connectivity index (χ4n) is 4.17. The molecule has 1 heterocycles. The number of carbonyl (C=O) groups excluding carboxylic acids is 1. The van der Waals surface area contributed by atoms with Crippen molar-refractivity contribution in [3.63, 3.8) is 0 Å². The number of nitrogens with zero attached hydrogens (tertiary/aromatic N) is 3. The Balaban J connectivity index is 1.74. The third-order valence-corrected chi connectivity index (χ3v) is 8.37. The largest absolute Gasteiger partial charge is 0.325 e. The summed E-state index contributed by atoms with van der Waals surface area (Å²) in [4.78, 5) is 19.9. The second kappa shape index (κ2) is 10.6. The van der Waals surface area contributed by atoms with Crippen LogP contribution in [0.15, 0.2) is 83.9 Å². The Morgan fingerprint density at radius 1 is 0.917 bits per heavy atom. The summed E-state index contributed by atoms with van der Waals surface area (Å²) in [5.74, 6) is -0.658. The molecule has 1 aliphatic heterocycles. The fraction of sp³-hybridized carbons (Fsp3) is 0.286. The molecule has 0 saturated carbocycles. The normalized spacial score (nSPS) is 15.8. The number of para-hydroxylation sites is 1. The third kappa shape index (κ3) is 5.34. The first-order valence-corrected chi connectivity index (χ1v) is 13.5. The van der Waals surface area contributed by atoms with Gasteiger partial charge in [-0.1, -0.05) is 48.5 Å². The summed E-state index contributed by atoms with van der Waals surface area (Å²) in [6, 6.07) is 24.5. The van der Waals surface area contributed by atoms with E-state index in [9.17, 15) is 13.2 Å². The molecule has 0 radical (unpaired) electrons. The van der Waals surface area contributed by atoms with Gasteiger partial charge in [0, 0.05) is 18.8 Å². The summed E-state index contributed by atoms with van der Waals surface area (Å²) in [5, 5.41) is 2.42. The number of amides is 1. The molecule has 36 heavy (non-hydrogen) atoms. The van der Waals surface area contributed by atoms with Crippen LogP contribution in [0.4, 0.5) is 17.1 Å². The van der Waals surface area contributed by atoms with Gasteiger partial charge in [0.15, 0.2) is 0 Å². The molecule has 0 spiro atoms. The number of anilines is 2. The highest BCUT2D eigenvalue weighted by Gasteiger charge is 2.35. The van der Waals surface area contributed by atoms with Gasteiger partial charge in [-0.05, 0) is 69.4 Å². The molecular formula is C28H32N4O3S. The maximum atomic E-state index is 13.1. The first kappa shape index (κ1) is 25.6. The molecule has 0 bridgehead atoms. The van der Waals surface area contributed by atoms with Crippen LogP contribution >= 0.6 is 0 Å². The van der Waals surface area contributed by atoms with Crippen LogP contribution in [0.5, 0.6) is 0 Å². The number of rotatable bonds is 9. The number of sulfonamides is 1. The first-order valence-electron chi connectivity index (χ1n) is 12.0. The van der Waals surface area contributed by atoms with Gasteiger partial charge in [0.05, 0.1) is 22.3 Å². The van der Waals surface area contributed by atoms with Crippen LogP contribution in [0.3, 0.4) is 0 Å². The lowest BCUT2D eigenvalue weighted by Crippen LogP contribution is -2.40. The molecular weight excluding hydrogens is 472 g/mol. The number of hydrogen-bond acceptors (Lipinski definition) is 5. The highest BCUT2D eigenvalue weighted by atomic mass is 32.2. The minimum Gasteiger partial charge on any atom is -0.325 e. The van der Waals surface area contributed by atoms with E-state index in [1.54, 1.807) is 38.1 Å². The van der Waals surface area contributed by atoms with Gasteiger partial charge in [-0.3, -0.25) is 14.1 Å². The van der Waals surface area contributed by atoms with Crippen molar-refractivity contribution in [1.82, 2.24) is 4.90 Å². The number of likely N-dealkylation sites (N-methyl/N-ethyl adjacent to an activating group) is 1. The average molecular weight is 505 g/mol. The number of nitrogens with one attached hydrogen (secondary N) is 1. The van der Waals surface area contributed by atoms with Crippen LogP contribution in [-0.4, -0.2) is 57.4 Å². The molecule has 0 aliphatic carbocycles. The number of hydrogen-bond donors (Lipinski definition) is 1. The van der Waals surface area contributed by atoms with Crippen molar-refractivity contribution in [1.29, 1.82) is 0 Å². The van der Waals surface area contributed by atoms with Gasteiger partial charge >= 0.3 is 0 Å². The lowest BCUT2D eigenvalue weighted by Gasteiger charge is -2.27. The smallest absolute Gasteiger partial charge is 0.238 e. The standard InChI is InChI=1S/C28H32N4O3S/c1-20(2)36(34,35)32(19-18-31(3)4)23-16-14-22(15-17-23)29-27(21-10-6-5-7-11-21)26-24-12-8-9-13-25(24)30-28(26)33/h5-17,20,26H,18-19H2,1-4H3,(H,30,33). The molecule has 188 valence electrons. The minimum absolute atomic E-state index is 0.117. The molecule has 0 saturated heterocycles. The minimum atomic E-state index is -3.50. The Bertz CT molecular complexity index is 1350. The lowest BCUT2D eigenvalue weighted by molar-refractivity contribution is -0.115. The van der Waals surface area contributed by atoms with E-state index in [1.807, 2.05) is 73.6 Å². The molecule has 3 aromatic carbocycles. The zero-order valence-electron chi connectivity index (χ0n) is 21.0. The molecule has 3 aromatic rings. The first-order chi connectivity index (χ1) is 17.2. The monoisotopic (exact) mass is 504 g/mol. The van der Waals surface area contributed by atoms with Crippen molar-refractivity contribution >= 4 is 38.7 Å². The highest BCUT2D eigenvalue weighted by Crippen LogP contribution is 2.36. The summed E-state index contributed by atoms with van der Waals surface area (Å²) in [5.41, 5.74) is 4.42. The Hall–Kier alpha value is -3.49. The SMILES string of the molecule is CC(C)S(=O)(=O)N(CCN(C)C)c1ccc(N=C(c2ccccc2)C2C(=O)Nc3ccccc32)cc1. The van der Waals surface area contributed by atoms with E-state index < -0.39 is 21.2 Å². The molecule has 1 unspecified atom stereocenters. The van der Waals surface area contributed by atoms with Crippen molar-refractivity contribution in [2.24, 2.45) is 4.99 Å². The van der Waals surface area contributed by atoms with Crippen LogP contribution in [0.2, 0.25) is 0 Å². The third-order valence-electron chi connectivity index (χ3n) is 6.18. The van der Waals surface area contributed by atoms with E-state index in [2.05, 4.69) is 5.32 Å². The van der Waals surface area contributed by atoms with Crippen LogP contribution in [-0.2, 0) is 14.8 Å². The molecule has 1 N–H and O–H groups in total. The van der Waals surface area contributed by atoms with Crippen molar-refractivity contribution in [2.45, 2.75) is 25.0 Å². The van der Waals surface area contributed by atoms with E-state index in [4.69, 9.17) is 4.99 Å². The maximum Gasteiger partial charge on any atom is 0.238 e. The Kier molecular flexibility index (Phi) is 7.56. The predicted octanol–water partition coefficient (Wildman–Crippen LogP) is 4.65. The molecule has 1 aliphatic rings. The maximum absolute atomic E-state index is 13.1. The number of benzene rings is 3. The van der Waals surface area contributed by atoms with Gasteiger partial charge in [0.1, 0.15) is 5.92 Å². The van der Waals surface area contributed by atoms with Gasteiger partial charge in [-0.25, -0.2) is 8.42 Å². The van der Waals surface area contributed by atoms with E-state index in [0.717, 1.165) is 16.8 Å². The van der Waals surface area contributed by atoms with E-state index in [0.29, 0.717) is 30.2 Å². The van der Waals surface area contributed by atoms with Gasteiger partial charge < -0.3 is 10.2 Å². The number of aliphatic imine (C=N–C) groups is 1. The average Bonchev–Trinajstić information content (AvgIpc) is 3.19. The summed E-state index contributed by atoms with van der Waals surface area (Å²) in [7, 11) is 0.332. The Morgan fingerprint density at radius 2 is 1.56 bits per heavy atom. The fourth-order valence-corrected chi connectivity index (χ4v) is 5.43. The number of fused-ring (bicyclic) bond motifs is 1.